The largest absolute Gasteiger partial charge is 0.497 e. The molecule has 4 rings (SSSR count). The van der Waals surface area contributed by atoms with Crippen molar-refractivity contribution in [3.05, 3.63) is 24.3 Å². The number of amides is 3. The molecule has 3 heterocycles. The number of likely N-dealkylation sites (tertiary alicyclic amines) is 1. The molecule has 9 nitrogen and oxygen atoms in total. The minimum atomic E-state index is -1.16. The molecule has 3 aliphatic heterocycles. The highest BCUT2D eigenvalue weighted by Gasteiger charge is 2.80. The molecular weight excluding hydrogens is 474 g/mol. The number of anilines is 1. The van der Waals surface area contributed by atoms with Crippen molar-refractivity contribution in [2.24, 2.45) is 23.7 Å². The van der Waals surface area contributed by atoms with Crippen molar-refractivity contribution >= 4 is 23.4 Å². The van der Waals surface area contributed by atoms with Crippen LogP contribution in [-0.4, -0.2) is 71.3 Å². The number of benzene rings is 1. The first-order chi connectivity index (χ1) is 17.6. The van der Waals surface area contributed by atoms with E-state index in [2.05, 4.69) is 10.6 Å². The molecule has 3 saturated heterocycles. The molecule has 2 bridgehead atoms. The summed E-state index contributed by atoms with van der Waals surface area (Å²) in [5.41, 5.74) is -1.46. The van der Waals surface area contributed by atoms with Gasteiger partial charge in [0.2, 0.25) is 17.7 Å². The van der Waals surface area contributed by atoms with E-state index in [1.54, 1.807) is 31.4 Å². The number of methoxy groups -OCH3 is 1. The monoisotopic (exact) mass is 515 g/mol. The number of nitrogens with zero attached hydrogens (tertiary/aromatic N) is 1. The van der Waals surface area contributed by atoms with Gasteiger partial charge in [0.05, 0.1) is 37.2 Å². The van der Waals surface area contributed by atoms with E-state index in [1.165, 1.54) is 4.90 Å². The molecule has 3 unspecified atom stereocenters. The third kappa shape index (κ3) is 4.20. The van der Waals surface area contributed by atoms with Crippen molar-refractivity contribution < 1.29 is 29.0 Å². The van der Waals surface area contributed by atoms with Crippen LogP contribution >= 0.6 is 0 Å². The van der Waals surface area contributed by atoms with Crippen LogP contribution in [0.3, 0.4) is 0 Å². The molecule has 0 aromatic heterocycles. The first-order valence-corrected chi connectivity index (χ1v) is 13.4. The zero-order valence-electron chi connectivity index (χ0n) is 22.7. The number of hydrogen-bond acceptors (Lipinski definition) is 6. The van der Waals surface area contributed by atoms with E-state index in [0.717, 1.165) is 12.8 Å². The molecule has 3 amide bonds. The molecule has 3 fully saturated rings. The summed E-state index contributed by atoms with van der Waals surface area (Å²) < 4.78 is 11.9. The highest BCUT2D eigenvalue weighted by atomic mass is 16.5. The number of fused-ring (bicyclic) bond motifs is 1. The van der Waals surface area contributed by atoms with Crippen molar-refractivity contribution in [3.8, 4) is 5.75 Å². The fourth-order valence-corrected chi connectivity index (χ4v) is 6.79. The second-order valence-electron chi connectivity index (χ2n) is 11.1. The van der Waals surface area contributed by atoms with Crippen LogP contribution in [0.2, 0.25) is 0 Å². The maximum Gasteiger partial charge on any atom is 0.250 e. The Kier molecular flexibility index (Phi) is 7.59. The van der Waals surface area contributed by atoms with Crippen LogP contribution in [0.4, 0.5) is 5.69 Å². The molecule has 37 heavy (non-hydrogen) atoms. The van der Waals surface area contributed by atoms with Crippen molar-refractivity contribution in [3.63, 3.8) is 0 Å². The average Bonchev–Trinajstić information content (AvgIpc) is 3.40. The van der Waals surface area contributed by atoms with Crippen molar-refractivity contribution in [2.45, 2.75) is 77.2 Å². The minimum Gasteiger partial charge on any atom is -0.497 e. The normalized spacial score (nSPS) is 33.7. The number of nitrogens with one attached hydrogen (secondary N) is 2. The lowest BCUT2D eigenvalue weighted by atomic mass is 9.62. The third-order valence-corrected chi connectivity index (χ3v) is 9.04. The fraction of sp³-hybridized carbons (Fsp3) is 0.679. The Morgan fingerprint density at radius 1 is 1.24 bits per heavy atom. The van der Waals surface area contributed by atoms with Crippen LogP contribution in [0.5, 0.6) is 5.75 Å². The van der Waals surface area contributed by atoms with Crippen LogP contribution < -0.4 is 15.4 Å². The summed E-state index contributed by atoms with van der Waals surface area (Å²) in [5, 5.41) is 16.4. The van der Waals surface area contributed by atoms with Crippen molar-refractivity contribution in [1.82, 2.24) is 10.2 Å². The molecule has 0 saturated carbocycles. The number of carbonyl (C=O) groups is 3. The maximum absolute atomic E-state index is 14.2. The van der Waals surface area contributed by atoms with Gasteiger partial charge in [-0.3, -0.25) is 14.4 Å². The average molecular weight is 516 g/mol. The van der Waals surface area contributed by atoms with Gasteiger partial charge in [0.25, 0.3) is 0 Å². The Morgan fingerprint density at radius 3 is 2.49 bits per heavy atom. The first-order valence-electron chi connectivity index (χ1n) is 13.4. The zero-order valence-corrected chi connectivity index (χ0v) is 22.7. The Labute approximate surface area is 219 Å². The second-order valence-corrected chi connectivity index (χ2v) is 11.1. The second kappa shape index (κ2) is 10.3. The van der Waals surface area contributed by atoms with Gasteiger partial charge < -0.3 is 30.1 Å². The molecule has 1 aromatic carbocycles. The predicted octanol–water partition coefficient (Wildman–Crippen LogP) is 2.58. The summed E-state index contributed by atoms with van der Waals surface area (Å²) in [4.78, 5) is 43.3. The minimum absolute atomic E-state index is 0.0404. The van der Waals surface area contributed by atoms with Crippen LogP contribution in [0.15, 0.2) is 24.3 Å². The summed E-state index contributed by atoms with van der Waals surface area (Å²) in [6.45, 7) is 10.1. The lowest BCUT2D eigenvalue weighted by Crippen LogP contribution is -2.57. The van der Waals surface area contributed by atoms with Gasteiger partial charge in [0.15, 0.2) is 0 Å². The van der Waals surface area contributed by atoms with Crippen LogP contribution in [0, 0.1) is 23.7 Å². The molecule has 8 atom stereocenters. The van der Waals surface area contributed by atoms with Crippen LogP contribution in [0.25, 0.3) is 0 Å². The predicted molar refractivity (Wildman–Crippen MR) is 139 cm³/mol. The van der Waals surface area contributed by atoms with E-state index >= 15 is 0 Å². The Morgan fingerprint density at radius 2 is 1.92 bits per heavy atom. The summed E-state index contributed by atoms with van der Waals surface area (Å²) in [6.07, 6.45) is 1.97. The molecule has 9 heteroatoms. The Hall–Kier alpha value is -2.65. The highest BCUT2D eigenvalue weighted by molar-refractivity contribution is 6.04. The Balaban J connectivity index is 1.79. The topological polar surface area (TPSA) is 117 Å². The molecule has 204 valence electrons. The van der Waals surface area contributed by atoms with E-state index in [4.69, 9.17) is 9.47 Å². The molecule has 1 spiro atoms. The molecule has 0 radical (unpaired) electrons. The van der Waals surface area contributed by atoms with Gasteiger partial charge in [-0.15, -0.1) is 0 Å². The summed E-state index contributed by atoms with van der Waals surface area (Å²) >= 11 is 0. The van der Waals surface area contributed by atoms with E-state index in [9.17, 15) is 19.5 Å². The summed E-state index contributed by atoms with van der Waals surface area (Å²) in [7, 11) is 1.57. The quantitative estimate of drug-likeness (QED) is 0.441. The summed E-state index contributed by atoms with van der Waals surface area (Å²) in [5.74, 6) is -1.83. The standard InChI is InChI=1S/C28H41N3O6/c1-7-13-29-24(33)21-22-26(35)31(20(15-32)16(3)8-2)23(28(22)14-17(4)27(21,5)37-28)25(34)30-18-9-11-19(36-6)12-10-18/h9-12,16-17,20-23,32H,7-8,13-15H2,1-6H3,(H,29,33)(H,30,34)/t16-,17?,20-,21-,22-,23?,27+,28?/m0/s1. The van der Waals surface area contributed by atoms with Crippen molar-refractivity contribution in [2.75, 3.05) is 25.6 Å². The molecular formula is C28H41N3O6. The molecule has 1 aromatic rings. The summed E-state index contributed by atoms with van der Waals surface area (Å²) in [6, 6.07) is 5.42. The first kappa shape index (κ1) is 27.4. The van der Waals surface area contributed by atoms with Gasteiger partial charge in [0.1, 0.15) is 17.4 Å². The fourth-order valence-electron chi connectivity index (χ4n) is 6.79. The van der Waals surface area contributed by atoms with Crippen molar-refractivity contribution in [1.29, 1.82) is 0 Å². The number of ether oxygens (including phenoxy) is 2. The van der Waals surface area contributed by atoms with E-state index in [1.807, 2.05) is 34.6 Å². The SMILES string of the molecule is CCCNC(=O)[C@@H]1[C@H]2C(=O)N([C@@H](CO)[C@@H](C)CC)C(C(=O)Nc3ccc(OC)cc3)C23CC(C)[C@@]1(C)O3. The van der Waals surface area contributed by atoms with Gasteiger partial charge in [-0.05, 0) is 55.9 Å². The van der Waals surface area contributed by atoms with E-state index < -0.39 is 35.1 Å². The highest BCUT2D eigenvalue weighted by Crippen LogP contribution is 2.65. The van der Waals surface area contributed by atoms with Gasteiger partial charge in [0, 0.05) is 12.2 Å². The lowest BCUT2D eigenvalue weighted by Gasteiger charge is -2.39. The number of rotatable bonds is 10. The van der Waals surface area contributed by atoms with Gasteiger partial charge in [-0.2, -0.15) is 0 Å². The van der Waals surface area contributed by atoms with Crippen LogP contribution in [-0.2, 0) is 19.1 Å². The zero-order chi connectivity index (χ0) is 27.1. The molecule has 3 N–H and O–H groups in total. The molecule has 3 aliphatic rings. The molecule has 0 aliphatic carbocycles. The number of aliphatic hydroxyl groups excluding tert-OH is 1. The third-order valence-electron chi connectivity index (χ3n) is 9.04. The number of hydrogen-bond donors (Lipinski definition) is 3. The maximum atomic E-state index is 14.2. The van der Waals surface area contributed by atoms with Gasteiger partial charge in [-0.1, -0.05) is 34.1 Å². The number of aliphatic hydroxyl groups is 1. The lowest BCUT2D eigenvalue weighted by molar-refractivity contribution is -0.150. The van der Waals surface area contributed by atoms with E-state index in [0.29, 0.717) is 24.4 Å². The van der Waals surface area contributed by atoms with E-state index in [-0.39, 0.29) is 36.2 Å². The van der Waals surface area contributed by atoms with Crippen LogP contribution in [0.1, 0.15) is 53.9 Å². The number of carbonyl (C=O) groups excluding carboxylic acids is 3. The smallest absolute Gasteiger partial charge is 0.250 e. The Bertz CT molecular complexity index is 1030. The van der Waals surface area contributed by atoms with Gasteiger partial charge >= 0.3 is 0 Å². The van der Waals surface area contributed by atoms with Gasteiger partial charge in [-0.25, -0.2) is 0 Å².